The van der Waals surface area contributed by atoms with Crippen LogP contribution in [0.4, 0.5) is 0 Å². The number of carbonyl (C=O) groups excluding carboxylic acids is 1. The molecule has 2 heterocycles. The van der Waals surface area contributed by atoms with E-state index in [1.807, 2.05) is 54.3 Å². The van der Waals surface area contributed by atoms with Gasteiger partial charge in [-0.1, -0.05) is 12.1 Å². The number of hydrogen-bond acceptors (Lipinski definition) is 3. The van der Waals surface area contributed by atoms with Crippen molar-refractivity contribution < 1.29 is 4.79 Å². The maximum atomic E-state index is 12.0. The summed E-state index contributed by atoms with van der Waals surface area (Å²) in [5, 5.41) is 2.88. The average molecular weight is 324 g/mol. The number of para-hydroxylation sites is 2. The Morgan fingerprint density at radius 1 is 1.25 bits per heavy atom. The first-order valence-corrected chi connectivity index (χ1v) is 7.97. The van der Waals surface area contributed by atoms with Crippen LogP contribution in [0.1, 0.15) is 17.7 Å². The third-order valence-corrected chi connectivity index (χ3v) is 3.89. The van der Waals surface area contributed by atoms with E-state index in [-0.39, 0.29) is 17.9 Å². The Kier molecular flexibility index (Phi) is 4.74. The van der Waals surface area contributed by atoms with Crippen LogP contribution < -0.4 is 10.9 Å². The molecule has 6 heteroatoms. The summed E-state index contributed by atoms with van der Waals surface area (Å²) in [5.41, 5.74) is 2.79. The van der Waals surface area contributed by atoms with Crippen LogP contribution in [-0.2, 0) is 24.7 Å². The van der Waals surface area contributed by atoms with Gasteiger partial charge in [0, 0.05) is 38.8 Å². The average Bonchev–Trinajstić information content (AvgIpc) is 2.98. The van der Waals surface area contributed by atoms with E-state index in [0.717, 1.165) is 11.9 Å². The molecule has 124 valence electrons. The number of aromatic nitrogens is 3. The van der Waals surface area contributed by atoms with Crippen LogP contribution in [0.3, 0.4) is 0 Å². The summed E-state index contributed by atoms with van der Waals surface area (Å²) < 4.78 is 1.98. The van der Waals surface area contributed by atoms with Gasteiger partial charge in [0.25, 0.3) is 5.56 Å². The van der Waals surface area contributed by atoms with Gasteiger partial charge in [0.1, 0.15) is 5.69 Å². The van der Waals surface area contributed by atoms with Crippen molar-refractivity contribution in [3.8, 4) is 0 Å². The standard InChI is InChI=1S/C18H20N4O2/c1-22-11-9-13(12-22)8-10-19-17(23)7-6-16-18(24)21-15-5-3-2-4-14(15)20-16/h2-5,9,11-12H,6-8,10H2,1H3,(H,19,23)(H,21,24). The topological polar surface area (TPSA) is 79.8 Å². The largest absolute Gasteiger partial charge is 0.357 e. The molecule has 24 heavy (non-hydrogen) atoms. The molecule has 0 radical (unpaired) electrons. The number of H-pyrrole nitrogens is 1. The smallest absolute Gasteiger partial charge is 0.270 e. The molecule has 3 aromatic rings. The van der Waals surface area contributed by atoms with Crippen molar-refractivity contribution in [2.24, 2.45) is 7.05 Å². The van der Waals surface area contributed by atoms with Gasteiger partial charge in [-0.15, -0.1) is 0 Å². The van der Waals surface area contributed by atoms with E-state index in [1.54, 1.807) is 0 Å². The second kappa shape index (κ2) is 7.12. The molecule has 0 saturated carbocycles. The fourth-order valence-corrected chi connectivity index (χ4v) is 2.61. The zero-order valence-corrected chi connectivity index (χ0v) is 13.6. The van der Waals surface area contributed by atoms with E-state index in [0.29, 0.717) is 24.2 Å². The summed E-state index contributed by atoms with van der Waals surface area (Å²) in [6, 6.07) is 9.40. The highest BCUT2D eigenvalue weighted by atomic mass is 16.1. The first-order chi connectivity index (χ1) is 11.6. The lowest BCUT2D eigenvalue weighted by Crippen LogP contribution is -2.27. The number of hydrogen-bond donors (Lipinski definition) is 2. The number of carbonyl (C=O) groups is 1. The molecular weight excluding hydrogens is 304 g/mol. The maximum absolute atomic E-state index is 12.0. The SMILES string of the molecule is Cn1ccc(CCNC(=O)CCc2nc3ccccc3[nH]c2=O)c1. The number of nitrogens with zero attached hydrogens (tertiary/aromatic N) is 2. The number of nitrogens with one attached hydrogen (secondary N) is 2. The molecule has 2 aromatic heterocycles. The molecule has 0 fully saturated rings. The van der Waals surface area contributed by atoms with Crippen molar-refractivity contribution >= 4 is 16.9 Å². The third-order valence-electron chi connectivity index (χ3n) is 3.89. The van der Waals surface area contributed by atoms with Gasteiger partial charge < -0.3 is 14.9 Å². The molecule has 0 saturated heterocycles. The van der Waals surface area contributed by atoms with Crippen molar-refractivity contribution in [3.63, 3.8) is 0 Å². The number of aromatic amines is 1. The van der Waals surface area contributed by atoms with E-state index < -0.39 is 0 Å². The van der Waals surface area contributed by atoms with Crippen LogP contribution in [0.25, 0.3) is 11.0 Å². The number of aryl methyl sites for hydroxylation is 2. The zero-order valence-electron chi connectivity index (χ0n) is 13.6. The molecule has 0 atom stereocenters. The van der Waals surface area contributed by atoms with Gasteiger partial charge in [-0.05, 0) is 30.2 Å². The van der Waals surface area contributed by atoms with Crippen LogP contribution >= 0.6 is 0 Å². The van der Waals surface area contributed by atoms with Gasteiger partial charge in [0.2, 0.25) is 5.91 Å². The minimum absolute atomic E-state index is 0.0692. The molecule has 0 bridgehead atoms. The van der Waals surface area contributed by atoms with Crippen LogP contribution in [0.5, 0.6) is 0 Å². The van der Waals surface area contributed by atoms with Gasteiger partial charge in [-0.3, -0.25) is 9.59 Å². The minimum atomic E-state index is -0.231. The van der Waals surface area contributed by atoms with Gasteiger partial charge in [-0.25, -0.2) is 4.98 Å². The fraction of sp³-hybridized carbons (Fsp3) is 0.278. The van der Waals surface area contributed by atoms with Crippen LogP contribution in [0, 0.1) is 0 Å². The first kappa shape index (κ1) is 16.0. The molecule has 0 aliphatic heterocycles. The summed E-state index contributed by atoms with van der Waals surface area (Å²) in [5.74, 6) is -0.0692. The Hall–Kier alpha value is -2.89. The Balaban J connectivity index is 1.52. The van der Waals surface area contributed by atoms with E-state index in [2.05, 4.69) is 15.3 Å². The number of fused-ring (bicyclic) bond motifs is 1. The van der Waals surface area contributed by atoms with Gasteiger partial charge >= 0.3 is 0 Å². The molecule has 0 unspecified atom stereocenters. The van der Waals surface area contributed by atoms with E-state index >= 15 is 0 Å². The highest BCUT2D eigenvalue weighted by molar-refractivity contribution is 5.76. The molecular formula is C18H20N4O2. The summed E-state index contributed by atoms with van der Waals surface area (Å²) in [6.07, 6.45) is 5.39. The Bertz CT molecular complexity index is 911. The highest BCUT2D eigenvalue weighted by Gasteiger charge is 2.08. The van der Waals surface area contributed by atoms with Gasteiger partial charge in [-0.2, -0.15) is 0 Å². The molecule has 1 aromatic carbocycles. The maximum Gasteiger partial charge on any atom is 0.270 e. The van der Waals surface area contributed by atoms with Crippen molar-refractivity contribution in [1.82, 2.24) is 19.9 Å². The quantitative estimate of drug-likeness (QED) is 0.722. The van der Waals surface area contributed by atoms with E-state index in [4.69, 9.17) is 0 Å². The van der Waals surface area contributed by atoms with Crippen molar-refractivity contribution in [2.45, 2.75) is 19.3 Å². The minimum Gasteiger partial charge on any atom is -0.357 e. The molecule has 0 spiro atoms. The molecule has 6 nitrogen and oxygen atoms in total. The first-order valence-electron chi connectivity index (χ1n) is 7.97. The van der Waals surface area contributed by atoms with Gasteiger partial charge in [0.15, 0.2) is 0 Å². The number of benzene rings is 1. The molecule has 0 aliphatic rings. The molecule has 3 rings (SSSR count). The van der Waals surface area contributed by atoms with Crippen molar-refractivity contribution in [3.05, 3.63) is 64.3 Å². The van der Waals surface area contributed by atoms with E-state index in [9.17, 15) is 9.59 Å². The predicted molar refractivity (Wildman–Crippen MR) is 92.8 cm³/mol. The fourth-order valence-electron chi connectivity index (χ4n) is 2.61. The third kappa shape index (κ3) is 3.90. The summed E-state index contributed by atoms with van der Waals surface area (Å²) in [7, 11) is 1.97. The van der Waals surface area contributed by atoms with Gasteiger partial charge in [0.05, 0.1) is 11.0 Å². The lowest BCUT2D eigenvalue weighted by molar-refractivity contribution is -0.121. The lowest BCUT2D eigenvalue weighted by atomic mass is 10.2. The van der Waals surface area contributed by atoms with Crippen molar-refractivity contribution in [2.75, 3.05) is 6.54 Å². The number of amides is 1. The predicted octanol–water partition coefficient (Wildman–Crippen LogP) is 1.55. The lowest BCUT2D eigenvalue weighted by Gasteiger charge is -2.05. The van der Waals surface area contributed by atoms with Crippen LogP contribution in [0.2, 0.25) is 0 Å². The second-order valence-electron chi connectivity index (χ2n) is 5.81. The summed E-state index contributed by atoms with van der Waals surface area (Å²) in [4.78, 5) is 31.1. The van der Waals surface area contributed by atoms with Crippen LogP contribution in [-0.4, -0.2) is 27.0 Å². The molecule has 2 N–H and O–H groups in total. The van der Waals surface area contributed by atoms with Crippen LogP contribution in [0.15, 0.2) is 47.5 Å². The highest BCUT2D eigenvalue weighted by Crippen LogP contribution is 2.07. The summed E-state index contributed by atoms with van der Waals surface area (Å²) in [6.45, 7) is 0.588. The normalized spacial score (nSPS) is 10.9. The second-order valence-corrected chi connectivity index (χ2v) is 5.81. The molecule has 1 amide bonds. The Labute approximate surface area is 139 Å². The Morgan fingerprint density at radius 3 is 2.88 bits per heavy atom. The van der Waals surface area contributed by atoms with E-state index in [1.165, 1.54) is 5.56 Å². The van der Waals surface area contributed by atoms with Crippen molar-refractivity contribution in [1.29, 1.82) is 0 Å². The monoisotopic (exact) mass is 324 g/mol. The Morgan fingerprint density at radius 2 is 2.08 bits per heavy atom. The zero-order chi connectivity index (χ0) is 16.9. The summed E-state index contributed by atoms with van der Waals surface area (Å²) >= 11 is 0. The number of rotatable bonds is 6. The molecule has 0 aliphatic carbocycles.